The summed E-state index contributed by atoms with van der Waals surface area (Å²) < 4.78 is 5.02. The van der Waals surface area contributed by atoms with Crippen LogP contribution in [0.25, 0.3) is 11.1 Å². The molecule has 4 rings (SSSR count). The lowest BCUT2D eigenvalue weighted by Crippen LogP contribution is -2.22. The number of hydrogen-bond acceptors (Lipinski definition) is 4. The van der Waals surface area contributed by atoms with Gasteiger partial charge in [-0.2, -0.15) is 0 Å². The minimum atomic E-state index is -0.445. The highest BCUT2D eigenvalue weighted by molar-refractivity contribution is 6.04. The van der Waals surface area contributed by atoms with E-state index in [1.165, 1.54) is 13.0 Å². The number of ether oxygens (including phenoxy) is 1. The fraction of sp³-hybridized carbons (Fsp3) is 0.0690. The number of amides is 2. The van der Waals surface area contributed by atoms with Crippen molar-refractivity contribution in [3.05, 3.63) is 120 Å². The molecule has 0 heterocycles. The van der Waals surface area contributed by atoms with Crippen molar-refractivity contribution in [1.29, 1.82) is 0 Å². The zero-order valence-corrected chi connectivity index (χ0v) is 19.2. The highest BCUT2D eigenvalue weighted by Crippen LogP contribution is 2.20. The number of rotatable bonds is 7. The highest BCUT2D eigenvalue weighted by Gasteiger charge is 2.09. The molecule has 4 aromatic carbocycles. The van der Waals surface area contributed by atoms with E-state index in [0.717, 1.165) is 16.7 Å². The first-order valence-electron chi connectivity index (χ1n) is 11.1. The summed E-state index contributed by atoms with van der Waals surface area (Å²) in [5.74, 6) is -0.604. The maximum Gasteiger partial charge on any atom is 0.308 e. The molecule has 174 valence electrons. The Morgan fingerprint density at radius 3 is 2.06 bits per heavy atom. The van der Waals surface area contributed by atoms with E-state index in [9.17, 15) is 14.4 Å². The van der Waals surface area contributed by atoms with Crippen molar-refractivity contribution in [1.82, 2.24) is 5.32 Å². The fourth-order valence-electron chi connectivity index (χ4n) is 3.51. The summed E-state index contributed by atoms with van der Waals surface area (Å²) in [6.45, 7) is 1.62. The van der Waals surface area contributed by atoms with Crippen molar-refractivity contribution < 1.29 is 19.1 Å². The van der Waals surface area contributed by atoms with Gasteiger partial charge in [-0.25, -0.2) is 0 Å². The molecule has 0 bridgehead atoms. The van der Waals surface area contributed by atoms with E-state index in [1.807, 2.05) is 54.6 Å². The van der Waals surface area contributed by atoms with Gasteiger partial charge in [-0.1, -0.05) is 60.7 Å². The molecule has 6 nitrogen and oxygen atoms in total. The van der Waals surface area contributed by atoms with Crippen molar-refractivity contribution in [2.45, 2.75) is 13.5 Å². The minimum absolute atomic E-state index is 0.196. The molecule has 0 aliphatic carbocycles. The Labute approximate surface area is 203 Å². The molecular weight excluding hydrogens is 440 g/mol. The smallest absolute Gasteiger partial charge is 0.308 e. The van der Waals surface area contributed by atoms with Gasteiger partial charge in [0.25, 0.3) is 11.8 Å². The van der Waals surface area contributed by atoms with Gasteiger partial charge in [-0.15, -0.1) is 0 Å². The number of benzene rings is 4. The molecule has 0 spiro atoms. The van der Waals surface area contributed by atoms with E-state index in [-0.39, 0.29) is 11.8 Å². The number of esters is 1. The molecule has 2 amide bonds. The summed E-state index contributed by atoms with van der Waals surface area (Å²) in [5.41, 5.74) is 4.64. The Bertz CT molecular complexity index is 1330. The third kappa shape index (κ3) is 6.42. The molecular formula is C29H24N2O4. The second-order valence-corrected chi connectivity index (χ2v) is 7.90. The number of anilines is 1. The van der Waals surface area contributed by atoms with Gasteiger partial charge in [0, 0.05) is 30.3 Å². The summed E-state index contributed by atoms with van der Waals surface area (Å²) >= 11 is 0. The molecule has 0 radical (unpaired) electrons. The van der Waals surface area contributed by atoms with E-state index in [1.54, 1.807) is 42.5 Å². The summed E-state index contributed by atoms with van der Waals surface area (Å²) in [6, 6.07) is 31.1. The monoisotopic (exact) mass is 464 g/mol. The van der Waals surface area contributed by atoms with E-state index < -0.39 is 5.97 Å². The van der Waals surface area contributed by atoms with Gasteiger partial charge in [-0.3, -0.25) is 14.4 Å². The van der Waals surface area contributed by atoms with Crippen LogP contribution in [0.15, 0.2) is 103 Å². The Morgan fingerprint density at radius 1 is 0.686 bits per heavy atom. The lowest BCUT2D eigenvalue weighted by Gasteiger charge is -2.09. The predicted octanol–water partition coefficient (Wildman–Crippen LogP) is 5.46. The number of carbonyl (C=O) groups excluding carboxylic acids is 3. The lowest BCUT2D eigenvalue weighted by molar-refractivity contribution is -0.131. The van der Waals surface area contributed by atoms with Crippen LogP contribution in [0.4, 0.5) is 5.69 Å². The molecule has 2 N–H and O–H groups in total. The second kappa shape index (κ2) is 10.9. The van der Waals surface area contributed by atoms with Gasteiger partial charge in [0.05, 0.1) is 0 Å². The molecule has 4 aromatic rings. The van der Waals surface area contributed by atoms with E-state index in [0.29, 0.717) is 29.1 Å². The standard InChI is InChI=1S/C29H24N2O4/c1-20(32)35-27-9-5-8-25(18-27)28(33)30-19-21-10-16-26(17-11-21)31-29(34)24-14-12-23(13-15-24)22-6-3-2-4-7-22/h2-18H,19H2,1H3,(H,30,33)(H,31,34). The van der Waals surface area contributed by atoms with Gasteiger partial charge in [0.1, 0.15) is 5.75 Å². The molecule has 0 aromatic heterocycles. The first kappa shape index (κ1) is 23.4. The van der Waals surface area contributed by atoms with E-state index in [4.69, 9.17) is 4.74 Å². The summed E-state index contributed by atoms with van der Waals surface area (Å²) in [5, 5.41) is 5.72. The number of carbonyl (C=O) groups is 3. The normalized spacial score (nSPS) is 10.3. The average molecular weight is 465 g/mol. The average Bonchev–Trinajstić information content (AvgIpc) is 2.88. The number of hydrogen-bond donors (Lipinski definition) is 2. The quantitative estimate of drug-likeness (QED) is 0.281. The van der Waals surface area contributed by atoms with E-state index >= 15 is 0 Å². The zero-order chi connectivity index (χ0) is 24.6. The van der Waals surface area contributed by atoms with Crippen molar-refractivity contribution in [3.63, 3.8) is 0 Å². The molecule has 0 saturated heterocycles. The molecule has 0 saturated carbocycles. The van der Waals surface area contributed by atoms with Gasteiger partial charge in [0.2, 0.25) is 0 Å². The second-order valence-electron chi connectivity index (χ2n) is 7.90. The fourth-order valence-corrected chi connectivity index (χ4v) is 3.51. The Morgan fingerprint density at radius 2 is 1.37 bits per heavy atom. The lowest BCUT2D eigenvalue weighted by atomic mass is 10.0. The van der Waals surface area contributed by atoms with Crippen LogP contribution < -0.4 is 15.4 Å². The van der Waals surface area contributed by atoms with Crippen LogP contribution in [0.3, 0.4) is 0 Å². The largest absolute Gasteiger partial charge is 0.427 e. The topological polar surface area (TPSA) is 84.5 Å². The first-order valence-corrected chi connectivity index (χ1v) is 11.1. The SMILES string of the molecule is CC(=O)Oc1cccc(C(=O)NCc2ccc(NC(=O)c3ccc(-c4ccccc4)cc3)cc2)c1. The third-order valence-corrected chi connectivity index (χ3v) is 5.28. The van der Waals surface area contributed by atoms with Crippen molar-refractivity contribution in [2.75, 3.05) is 5.32 Å². The minimum Gasteiger partial charge on any atom is -0.427 e. The van der Waals surface area contributed by atoms with Crippen molar-refractivity contribution in [2.24, 2.45) is 0 Å². The molecule has 0 aliphatic heterocycles. The maximum absolute atomic E-state index is 12.6. The van der Waals surface area contributed by atoms with Gasteiger partial charge in [0.15, 0.2) is 0 Å². The molecule has 0 atom stereocenters. The third-order valence-electron chi connectivity index (χ3n) is 5.28. The molecule has 0 aliphatic rings. The zero-order valence-electron chi connectivity index (χ0n) is 19.2. The van der Waals surface area contributed by atoms with Crippen LogP contribution in [0.2, 0.25) is 0 Å². The van der Waals surface area contributed by atoms with Crippen LogP contribution in [0.1, 0.15) is 33.2 Å². The van der Waals surface area contributed by atoms with Crippen LogP contribution in [-0.2, 0) is 11.3 Å². The Balaban J connectivity index is 1.31. The summed E-state index contributed by atoms with van der Waals surface area (Å²) in [7, 11) is 0. The van der Waals surface area contributed by atoms with Gasteiger partial charge in [-0.05, 0) is 59.2 Å². The van der Waals surface area contributed by atoms with Crippen LogP contribution in [-0.4, -0.2) is 17.8 Å². The van der Waals surface area contributed by atoms with Gasteiger partial charge >= 0.3 is 5.97 Å². The summed E-state index contributed by atoms with van der Waals surface area (Å²) in [6.07, 6.45) is 0. The van der Waals surface area contributed by atoms with Crippen molar-refractivity contribution >= 4 is 23.5 Å². The summed E-state index contributed by atoms with van der Waals surface area (Å²) in [4.78, 5) is 36.1. The highest BCUT2D eigenvalue weighted by atomic mass is 16.5. The molecule has 6 heteroatoms. The van der Waals surface area contributed by atoms with Crippen LogP contribution in [0.5, 0.6) is 5.75 Å². The maximum atomic E-state index is 12.6. The predicted molar refractivity (Wildman–Crippen MR) is 135 cm³/mol. The van der Waals surface area contributed by atoms with Crippen LogP contribution in [0, 0.1) is 0 Å². The molecule has 0 fully saturated rings. The molecule has 35 heavy (non-hydrogen) atoms. The Kier molecular flexibility index (Phi) is 7.33. The number of nitrogens with one attached hydrogen (secondary N) is 2. The van der Waals surface area contributed by atoms with Crippen molar-refractivity contribution in [3.8, 4) is 16.9 Å². The van der Waals surface area contributed by atoms with E-state index in [2.05, 4.69) is 10.6 Å². The van der Waals surface area contributed by atoms with Crippen LogP contribution >= 0.6 is 0 Å². The molecule has 0 unspecified atom stereocenters. The van der Waals surface area contributed by atoms with Gasteiger partial charge < -0.3 is 15.4 Å². The first-order chi connectivity index (χ1) is 17.0. The Hall–Kier alpha value is -4.71.